The van der Waals surface area contributed by atoms with Gasteiger partial charge in [0, 0.05) is 61.4 Å². The molecule has 3 aromatic rings. The van der Waals surface area contributed by atoms with Gasteiger partial charge in [0.15, 0.2) is 5.60 Å². The summed E-state index contributed by atoms with van der Waals surface area (Å²) in [4.78, 5) is 30.2. The molecule has 12 heteroatoms. The van der Waals surface area contributed by atoms with Gasteiger partial charge in [-0.1, -0.05) is 24.3 Å². The van der Waals surface area contributed by atoms with Gasteiger partial charge < -0.3 is 28.5 Å². The number of aryl methyl sites for hydroxylation is 1. The smallest absolute Gasteiger partial charge is 0.264 e. The number of aliphatic hydroxyl groups is 1. The van der Waals surface area contributed by atoms with Crippen LogP contribution in [-0.4, -0.2) is 66.7 Å². The summed E-state index contributed by atoms with van der Waals surface area (Å²) in [6.45, 7) is 6.70. The van der Waals surface area contributed by atoms with Crippen LogP contribution in [0.15, 0.2) is 48.7 Å². The van der Waals surface area contributed by atoms with E-state index in [-0.39, 0.29) is 25.0 Å². The summed E-state index contributed by atoms with van der Waals surface area (Å²) < 4.78 is 30.2. The first-order valence-corrected chi connectivity index (χ1v) is 17.8. The fraction of sp³-hybridized carbons (Fsp3) is 0.484. The molecule has 1 aromatic heterocycles. The third kappa shape index (κ3) is 5.04. The van der Waals surface area contributed by atoms with E-state index in [1.54, 1.807) is 40.9 Å². The number of carbonyl (C=O) groups is 2. The number of halogens is 1. The van der Waals surface area contributed by atoms with Crippen molar-refractivity contribution in [3.05, 3.63) is 65.5 Å². The van der Waals surface area contributed by atoms with Crippen LogP contribution in [-0.2, 0) is 39.4 Å². The van der Waals surface area contributed by atoms with Crippen molar-refractivity contribution in [3.8, 4) is 5.75 Å². The first-order chi connectivity index (χ1) is 20.6. The summed E-state index contributed by atoms with van der Waals surface area (Å²) in [5, 5.41) is 17.5. The Labute approximate surface area is 251 Å². The fourth-order valence-corrected chi connectivity index (χ4v) is 9.65. The standard InChI is InChI=1S/C31H38FN5O5Si/c1-20-29(43(3,4)32)27(10-13-35-19-22(12-15-38)33-34-35)42-31(20)25-17-24(41-2)8-9-26(25)37(30(31)40)18-21-6-5-7-23(16-21)36-14-11-28(36)39/h5-9,16-17,19-20,27,29,38H,10-15,18H2,1-4H3/t20-,27+,29-,31+/m0/s1. The number of hydrogen-bond acceptors (Lipinski definition) is 7. The Morgan fingerprint density at radius 2 is 2.02 bits per heavy atom. The highest BCUT2D eigenvalue weighted by molar-refractivity contribution is 6.72. The van der Waals surface area contributed by atoms with Gasteiger partial charge in [-0.15, -0.1) is 5.10 Å². The molecule has 6 rings (SSSR count). The lowest BCUT2D eigenvalue weighted by Crippen LogP contribution is -2.45. The van der Waals surface area contributed by atoms with Crippen molar-refractivity contribution in [3.63, 3.8) is 0 Å². The molecule has 43 heavy (non-hydrogen) atoms. The summed E-state index contributed by atoms with van der Waals surface area (Å²) >= 11 is 0. The Kier molecular flexibility index (Phi) is 7.63. The largest absolute Gasteiger partial charge is 0.497 e. The molecule has 2 fully saturated rings. The highest BCUT2D eigenvalue weighted by Gasteiger charge is 2.66. The number of aromatic nitrogens is 3. The van der Waals surface area contributed by atoms with E-state index < -0.39 is 31.6 Å². The number of amides is 2. The third-order valence-electron chi connectivity index (χ3n) is 9.18. The van der Waals surface area contributed by atoms with Crippen molar-refractivity contribution < 1.29 is 28.3 Å². The highest BCUT2D eigenvalue weighted by Crippen LogP contribution is 2.60. The van der Waals surface area contributed by atoms with E-state index in [9.17, 15) is 14.7 Å². The topological polar surface area (TPSA) is 110 Å². The van der Waals surface area contributed by atoms with Gasteiger partial charge in [-0.05, 0) is 55.4 Å². The number of nitrogens with zero attached hydrogens (tertiary/aromatic N) is 5. The van der Waals surface area contributed by atoms with E-state index in [0.717, 1.165) is 11.3 Å². The van der Waals surface area contributed by atoms with Gasteiger partial charge in [0.05, 0.1) is 31.1 Å². The van der Waals surface area contributed by atoms with Crippen molar-refractivity contribution in [2.45, 2.75) is 69.6 Å². The Morgan fingerprint density at radius 3 is 2.70 bits per heavy atom. The molecule has 0 radical (unpaired) electrons. The zero-order valence-corrected chi connectivity index (χ0v) is 26.0. The highest BCUT2D eigenvalue weighted by atomic mass is 28.4. The molecule has 4 heterocycles. The number of aliphatic hydroxyl groups excluding tert-OH is 1. The maximum absolute atomic E-state index is 16.2. The molecule has 2 amide bonds. The molecule has 1 spiro atoms. The minimum Gasteiger partial charge on any atom is -0.497 e. The predicted octanol–water partition coefficient (Wildman–Crippen LogP) is 3.97. The van der Waals surface area contributed by atoms with E-state index in [0.29, 0.717) is 55.0 Å². The molecule has 0 aliphatic carbocycles. The minimum atomic E-state index is -3.33. The quantitative estimate of drug-likeness (QED) is 0.211. The lowest BCUT2D eigenvalue weighted by molar-refractivity contribution is -0.146. The first kappa shape index (κ1) is 29.5. The number of β-lactam (4-membered cyclic amide) rings is 1. The molecule has 2 aromatic carbocycles. The number of rotatable bonds is 10. The van der Waals surface area contributed by atoms with Crippen LogP contribution in [0.4, 0.5) is 15.5 Å². The van der Waals surface area contributed by atoms with Crippen molar-refractivity contribution in [2.75, 3.05) is 30.1 Å². The van der Waals surface area contributed by atoms with Crippen LogP contribution in [0.1, 0.15) is 36.6 Å². The molecule has 4 atom stereocenters. The summed E-state index contributed by atoms with van der Waals surface area (Å²) in [6.07, 6.45) is 2.67. The minimum absolute atomic E-state index is 0.0175. The molecule has 0 saturated carbocycles. The number of fused-ring (bicyclic) bond motifs is 2. The maximum Gasteiger partial charge on any atom is 0.264 e. The summed E-state index contributed by atoms with van der Waals surface area (Å²) in [7, 11) is -1.75. The normalized spacial score (nSPS) is 25.0. The lowest BCUT2D eigenvalue weighted by atomic mass is 9.82. The molecule has 0 unspecified atom stereocenters. The number of methoxy groups -OCH3 is 1. The summed E-state index contributed by atoms with van der Waals surface area (Å²) in [6, 6.07) is 13.2. The van der Waals surface area contributed by atoms with Gasteiger partial charge in [-0.3, -0.25) is 14.3 Å². The second-order valence-electron chi connectivity index (χ2n) is 12.2. The van der Waals surface area contributed by atoms with E-state index >= 15 is 4.11 Å². The summed E-state index contributed by atoms with van der Waals surface area (Å²) in [5.74, 6) is 0.0332. The van der Waals surface area contributed by atoms with Gasteiger partial charge in [-0.25, -0.2) is 0 Å². The van der Waals surface area contributed by atoms with Gasteiger partial charge in [0.1, 0.15) is 5.75 Å². The Hall–Kier alpha value is -3.61. The average molecular weight is 608 g/mol. The predicted molar refractivity (Wildman–Crippen MR) is 161 cm³/mol. The monoisotopic (exact) mass is 607 g/mol. The molecular weight excluding hydrogens is 569 g/mol. The Bertz CT molecular complexity index is 1540. The van der Waals surface area contributed by atoms with Gasteiger partial charge in [-0.2, -0.15) is 0 Å². The van der Waals surface area contributed by atoms with Crippen molar-refractivity contribution in [2.24, 2.45) is 5.92 Å². The zero-order chi connectivity index (χ0) is 30.5. The molecule has 228 valence electrons. The Balaban J connectivity index is 1.34. The number of benzene rings is 2. The number of carbonyl (C=O) groups excluding carboxylic acids is 2. The third-order valence-corrected chi connectivity index (χ3v) is 11.6. The summed E-state index contributed by atoms with van der Waals surface area (Å²) in [5.41, 5.74) is 1.97. The molecule has 1 N–H and O–H groups in total. The van der Waals surface area contributed by atoms with Crippen LogP contribution >= 0.6 is 0 Å². The van der Waals surface area contributed by atoms with E-state index in [1.165, 1.54) is 0 Å². The van der Waals surface area contributed by atoms with Crippen molar-refractivity contribution in [1.82, 2.24) is 15.0 Å². The number of hydrogen-bond donors (Lipinski definition) is 1. The molecule has 10 nitrogen and oxygen atoms in total. The van der Waals surface area contributed by atoms with E-state index in [1.807, 2.05) is 49.4 Å². The maximum atomic E-state index is 16.2. The molecule has 3 aliphatic heterocycles. The van der Waals surface area contributed by atoms with E-state index in [4.69, 9.17) is 9.47 Å². The van der Waals surface area contributed by atoms with Crippen LogP contribution in [0.3, 0.4) is 0 Å². The molecule has 0 bridgehead atoms. The number of anilines is 2. The van der Waals surface area contributed by atoms with Crippen molar-refractivity contribution in [1.29, 1.82) is 0 Å². The SMILES string of the molecule is COc1ccc2c(c1)[C@@]1(O[C@H](CCn3cc(CCO)nn3)[C@@H]([Si](C)(C)F)[C@@H]1C)C(=O)N2Cc1cccc(N2CCC2=O)c1. The van der Waals surface area contributed by atoms with Crippen molar-refractivity contribution >= 4 is 31.6 Å². The lowest BCUT2D eigenvalue weighted by Gasteiger charge is -2.32. The van der Waals surface area contributed by atoms with Crippen LogP contribution < -0.4 is 14.5 Å². The van der Waals surface area contributed by atoms with Gasteiger partial charge in [0.2, 0.25) is 14.3 Å². The first-order valence-electron chi connectivity index (χ1n) is 14.8. The molecule has 3 aliphatic rings. The van der Waals surface area contributed by atoms with Crippen LogP contribution in [0.2, 0.25) is 18.6 Å². The van der Waals surface area contributed by atoms with Crippen LogP contribution in [0.5, 0.6) is 5.75 Å². The second-order valence-corrected chi connectivity index (χ2v) is 16.0. The second kappa shape index (κ2) is 11.1. The average Bonchev–Trinajstić information content (AvgIpc) is 3.61. The van der Waals surface area contributed by atoms with Crippen LogP contribution in [0, 0.1) is 5.92 Å². The fourth-order valence-electron chi connectivity index (χ4n) is 7.11. The van der Waals surface area contributed by atoms with E-state index in [2.05, 4.69) is 10.3 Å². The molecular formula is C31H38FN5O5Si. The Morgan fingerprint density at radius 1 is 1.21 bits per heavy atom. The molecule has 2 saturated heterocycles. The zero-order valence-electron chi connectivity index (χ0n) is 25.0. The van der Waals surface area contributed by atoms with Gasteiger partial charge >= 0.3 is 0 Å². The van der Waals surface area contributed by atoms with Gasteiger partial charge in [0.25, 0.3) is 5.91 Å². The number of ether oxygens (including phenoxy) is 2. The van der Waals surface area contributed by atoms with Crippen LogP contribution in [0.25, 0.3) is 0 Å².